The van der Waals surface area contributed by atoms with Crippen molar-refractivity contribution in [1.29, 1.82) is 0 Å². The molecule has 0 aromatic heterocycles. The number of phenolic OH excluding ortho intramolecular Hbond substituents is 1. The number of carbonyl (C=O) groups excluding carboxylic acids is 3. The molecule has 41 heavy (non-hydrogen) atoms. The molecule has 0 bridgehead atoms. The van der Waals surface area contributed by atoms with E-state index in [9.17, 15) is 39.9 Å². The van der Waals surface area contributed by atoms with E-state index in [4.69, 9.17) is 5.73 Å². The van der Waals surface area contributed by atoms with Crippen LogP contribution in [0.25, 0.3) is 11.1 Å². The van der Waals surface area contributed by atoms with Crippen LogP contribution in [0.3, 0.4) is 0 Å². The van der Waals surface area contributed by atoms with Gasteiger partial charge in [0.15, 0.2) is 11.4 Å². The van der Waals surface area contributed by atoms with E-state index in [0.29, 0.717) is 11.1 Å². The van der Waals surface area contributed by atoms with E-state index in [1.165, 1.54) is 25.1 Å². The van der Waals surface area contributed by atoms with E-state index in [-0.39, 0.29) is 11.3 Å². The van der Waals surface area contributed by atoms with Crippen molar-refractivity contribution in [3.05, 3.63) is 70.2 Å². The van der Waals surface area contributed by atoms with Gasteiger partial charge in [0, 0.05) is 31.3 Å². The van der Waals surface area contributed by atoms with Crippen molar-refractivity contribution in [2.75, 3.05) is 33.1 Å². The molecule has 0 saturated carbocycles. The summed E-state index contributed by atoms with van der Waals surface area (Å²) in [7, 11) is 6.80. The first kappa shape index (κ1) is 28.3. The number of anilines is 1. The molecule has 11 heteroatoms. The van der Waals surface area contributed by atoms with E-state index >= 15 is 0 Å². The molecule has 0 fully saturated rings. The summed E-state index contributed by atoms with van der Waals surface area (Å²) in [6.45, 7) is 1.72. The van der Waals surface area contributed by atoms with Crippen LogP contribution in [0, 0.1) is 11.8 Å². The van der Waals surface area contributed by atoms with Crippen molar-refractivity contribution in [3.8, 4) is 16.9 Å². The third-order valence-electron chi connectivity index (χ3n) is 8.80. The van der Waals surface area contributed by atoms with Crippen LogP contribution < -0.4 is 10.6 Å². The van der Waals surface area contributed by atoms with Crippen LogP contribution in [0.4, 0.5) is 5.69 Å². The first-order valence-corrected chi connectivity index (χ1v) is 13.1. The topological polar surface area (TPSA) is 185 Å². The number of Topliss-reactive ketones (excluding diaryl/α,β-unsaturated/α-hetero) is 2. The van der Waals surface area contributed by atoms with Crippen molar-refractivity contribution in [2.24, 2.45) is 17.6 Å². The first-order chi connectivity index (χ1) is 19.2. The Bertz CT molecular complexity index is 1560. The molecular formula is C30H33N3O8. The fraction of sp³-hybridized carbons (Fsp3) is 0.367. The SMILES string of the molecule is C[C@@H]1c2c(-c3ccc(N(C)C)cc3)ccc(O)c2C(=O)C2=C(O)[C@]3(O)C(=O)C(C(N)=O)=C(O)[C@@H](N(C)C)[C@@H]3[C@H](O)[C@@H]21. The maximum absolute atomic E-state index is 14.0. The quantitative estimate of drug-likeness (QED) is 0.297. The number of carbonyl (C=O) groups is 3. The number of amides is 1. The average Bonchev–Trinajstić information content (AvgIpc) is 2.90. The molecule has 0 aliphatic heterocycles. The Hall–Kier alpha value is -4.19. The van der Waals surface area contributed by atoms with Gasteiger partial charge in [-0.05, 0) is 54.9 Å². The molecule has 2 aromatic carbocycles. The summed E-state index contributed by atoms with van der Waals surface area (Å²) < 4.78 is 0. The molecule has 216 valence electrons. The molecule has 11 nitrogen and oxygen atoms in total. The molecule has 0 spiro atoms. The smallest absolute Gasteiger partial charge is 0.255 e. The molecule has 0 radical (unpaired) electrons. The van der Waals surface area contributed by atoms with Crippen LogP contribution in [0.2, 0.25) is 0 Å². The number of aliphatic hydroxyl groups is 4. The molecule has 7 N–H and O–H groups in total. The van der Waals surface area contributed by atoms with Crippen molar-refractivity contribution in [2.45, 2.75) is 30.6 Å². The molecule has 3 aliphatic rings. The first-order valence-electron chi connectivity index (χ1n) is 13.1. The lowest BCUT2D eigenvalue weighted by Crippen LogP contribution is -2.68. The van der Waals surface area contributed by atoms with Gasteiger partial charge in [-0.25, -0.2) is 0 Å². The van der Waals surface area contributed by atoms with Crippen LogP contribution in [0.15, 0.2) is 59.1 Å². The second-order valence-corrected chi connectivity index (χ2v) is 11.4. The fourth-order valence-corrected chi connectivity index (χ4v) is 6.89. The zero-order valence-corrected chi connectivity index (χ0v) is 23.3. The number of phenols is 1. The third-order valence-corrected chi connectivity index (χ3v) is 8.80. The number of nitrogens with zero attached hydrogens (tertiary/aromatic N) is 2. The molecule has 5 rings (SSSR count). The minimum absolute atomic E-state index is 0.125. The summed E-state index contributed by atoms with van der Waals surface area (Å²) in [5.41, 5.74) is 3.67. The summed E-state index contributed by atoms with van der Waals surface area (Å²) in [6.07, 6.45) is -1.66. The van der Waals surface area contributed by atoms with Gasteiger partial charge < -0.3 is 36.2 Å². The number of fused-ring (bicyclic) bond motifs is 3. The Labute approximate surface area is 236 Å². The second kappa shape index (κ2) is 9.44. The summed E-state index contributed by atoms with van der Waals surface area (Å²) in [5, 5.41) is 57.0. The summed E-state index contributed by atoms with van der Waals surface area (Å²) in [5.74, 6) is -9.20. The van der Waals surface area contributed by atoms with Gasteiger partial charge in [0.25, 0.3) is 5.91 Å². The van der Waals surface area contributed by atoms with Crippen LogP contribution in [-0.4, -0.2) is 93.8 Å². The average molecular weight is 564 g/mol. The predicted octanol–water partition coefficient (Wildman–Crippen LogP) is 1.39. The van der Waals surface area contributed by atoms with E-state index in [1.807, 2.05) is 43.3 Å². The number of ketones is 2. The van der Waals surface area contributed by atoms with E-state index in [0.717, 1.165) is 11.3 Å². The molecule has 0 unspecified atom stereocenters. The Morgan fingerprint density at radius 1 is 0.976 bits per heavy atom. The number of aliphatic hydroxyl groups excluding tert-OH is 3. The summed E-state index contributed by atoms with van der Waals surface area (Å²) in [6, 6.07) is 9.25. The normalized spacial score (nSPS) is 29.3. The number of nitrogens with two attached hydrogens (primary N) is 1. The van der Waals surface area contributed by atoms with Crippen molar-refractivity contribution < 1.29 is 39.9 Å². The Kier molecular flexibility index (Phi) is 6.52. The number of benzene rings is 2. The predicted molar refractivity (Wildman–Crippen MR) is 150 cm³/mol. The maximum atomic E-state index is 14.0. The molecule has 3 aliphatic carbocycles. The van der Waals surface area contributed by atoms with Gasteiger partial charge >= 0.3 is 0 Å². The van der Waals surface area contributed by atoms with Gasteiger partial charge in [0.1, 0.15) is 22.8 Å². The zero-order valence-electron chi connectivity index (χ0n) is 23.3. The Balaban J connectivity index is 1.77. The molecular weight excluding hydrogens is 530 g/mol. The number of rotatable bonds is 4. The highest BCUT2D eigenvalue weighted by atomic mass is 16.4. The molecule has 1 amide bonds. The van der Waals surface area contributed by atoms with Gasteiger partial charge in [-0.15, -0.1) is 0 Å². The van der Waals surface area contributed by atoms with E-state index in [2.05, 4.69) is 0 Å². The summed E-state index contributed by atoms with van der Waals surface area (Å²) >= 11 is 0. The maximum Gasteiger partial charge on any atom is 0.255 e. The lowest BCUT2D eigenvalue weighted by atomic mass is 9.55. The molecule has 0 saturated heterocycles. The number of hydrogen-bond donors (Lipinski definition) is 6. The zero-order chi connectivity index (χ0) is 30.3. The highest BCUT2D eigenvalue weighted by Gasteiger charge is 2.67. The minimum Gasteiger partial charge on any atom is -0.510 e. The third kappa shape index (κ3) is 3.73. The Morgan fingerprint density at radius 3 is 2.12 bits per heavy atom. The van der Waals surface area contributed by atoms with Crippen LogP contribution in [0.1, 0.15) is 28.8 Å². The van der Waals surface area contributed by atoms with Crippen LogP contribution >= 0.6 is 0 Å². The van der Waals surface area contributed by atoms with Crippen molar-refractivity contribution in [1.82, 2.24) is 4.90 Å². The second-order valence-electron chi connectivity index (χ2n) is 11.4. The van der Waals surface area contributed by atoms with Crippen molar-refractivity contribution >= 4 is 23.2 Å². The molecule has 0 heterocycles. The van der Waals surface area contributed by atoms with E-state index in [1.54, 1.807) is 13.0 Å². The number of hydrogen-bond acceptors (Lipinski definition) is 10. The minimum atomic E-state index is -2.95. The number of likely N-dealkylation sites (N-methyl/N-ethyl adjacent to an activating group) is 1. The molecule has 6 atom stereocenters. The Morgan fingerprint density at radius 2 is 1.59 bits per heavy atom. The van der Waals surface area contributed by atoms with Gasteiger partial charge in [-0.3, -0.25) is 19.3 Å². The molecule has 2 aromatic rings. The van der Waals surface area contributed by atoms with Crippen molar-refractivity contribution in [3.63, 3.8) is 0 Å². The standard InChI is InChI=1S/C30H33N3O8/c1-12-17-15(13-6-8-14(9-7-13)32(2)3)10-11-16(34)19(17)24(35)20-18(12)25(36)22-23(33(4)5)26(37)21(29(31)40)28(39)30(22,41)27(20)38/h6-12,18,22-23,25,34,36-38,41H,1-5H3,(H2,31,40)/t12-,18-,22-,23+,25-,30+/m1/s1. The van der Waals surface area contributed by atoms with Gasteiger partial charge in [-0.2, -0.15) is 0 Å². The van der Waals surface area contributed by atoms with Gasteiger partial charge in [-0.1, -0.05) is 25.1 Å². The lowest BCUT2D eigenvalue weighted by molar-refractivity contribution is -0.162. The highest BCUT2D eigenvalue weighted by molar-refractivity contribution is 6.25. The van der Waals surface area contributed by atoms with Crippen LogP contribution in [0.5, 0.6) is 5.75 Å². The highest BCUT2D eigenvalue weighted by Crippen LogP contribution is 2.56. The van der Waals surface area contributed by atoms with Gasteiger partial charge in [0.05, 0.1) is 23.6 Å². The lowest BCUT2D eigenvalue weighted by Gasteiger charge is -2.53. The fourth-order valence-electron chi connectivity index (χ4n) is 6.89. The number of aromatic hydroxyl groups is 1. The summed E-state index contributed by atoms with van der Waals surface area (Å²) in [4.78, 5) is 43.0. The van der Waals surface area contributed by atoms with E-state index < -0.39 is 75.6 Å². The largest absolute Gasteiger partial charge is 0.510 e. The monoisotopic (exact) mass is 563 g/mol. The number of primary amides is 1. The van der Waals surface area contributed by atoms with Gasteiger partial charge in [0.2, 0.25) is 5.78 Å². The van der Waals surface area contributed by atoms with Crippen LogP contribution in [-0.2, 0) is 9.59 Å².